The first-order chi connectivity index (χ1) is 11.0. The number of alkyl halides is 2. The number of halogens is 2. The molecule has 0 bridgehead atoms. The second kappa shape index (κ2) is 6.10. The standard InChI is InChI=1S/C15H19F2N5O/c1-9-11(7-19-21(9)2)6-18-14(23)8-22-13(15(16)17)5-12(20-22)10-3-4-10/h5,7,10,15H,3-4,6,8H2,1-2H3,(H,18,23). The molecule has 0 spiro atoms. The van der Waals surface area contributed by atoms with E-state index in [1.54, 1.807) is 10.9 Å². The smallest absolute Gasteiger partial charge is 0.280 e. The highest BCUT2D eigenvalue weighted by Gasteiger charge is 2.29. The molecule has 0 saturated heterocycles. The van der Waals surface area contributed by atoms with Crippen LogP contribution in [0.1, 0.15) is 47.8 Å². The highest BCUT2D eigenvalue weighted by atomic mass is 19.3. The zero-order valence-corrected chi connectivity index (χ0v) is 13.1. The number of aryl methyl sites for hydroxylation is 1. The van der Waals surface area contributed by atoms with Gasteiger partial charge in [-0.15, -0.1) is 0 Å². The third-order valence-corrected chi connectivity index (χ3v) is 4.16. The van der Waals surface area contributed by atoms with Crippen LogP contribution in [-0.2, 0) is 24.9 Å². The van der Waals surface area contributed by atoms with Gasteiger partial charge < -0.3 is 5.32 Å². The fourth-order valence-electron chi connectivity index (χ4n) is 2.44. The van der Waals surface area contributed by atoms with Crippen LogP contribution in [0.3, 0.4) is 0 Å². The molecule has 1 aliphatic rings. The van der Waals surface area contributed by atoms with Gasteiger partial charge in [0.05, 0.1) is 11.9 Å². The van der Waals surface area contributed by atoms with Crippen molar-refractivity contribution < 1.29 is 13.6 Å². The lowest BCUT2D eigenvalue weighted by Crippen LogP contribution is -2.28. The van der Waals surface area contributed by atoms with Crippen LogP contribution in [0.5, 0.6) is 0 Å². The molecule has 2 heterocycles. The molecule has 23 heavy (non-hydrogen) atoms. The molecule has 0 unspecified atom stereocenters. The Morgan fingerprint density at radius 2 is 2.22 bits per heavy atom. The maximum absolute atomic E-state index is 13.1. The van der Waals surface area contributed by atoms with Gasteiger partial charge >= 0.3 is 0 Å². The Kier molecular flexibility index (Phi) is 4.14. The SMILES string of the molecule is Cc1c(CNC(=O)Cn2nc(C3CC3)cc2C(F)F)cnn1C. The molecule has 1 fully saturated rings. The molecule has 8 heteroatoms. The van der Waals surface area contributed by atoms with E-state index in [9.17, 15) is 13.6 Å². The first kappa shape index (κ1) is 15.6. The Balaban J connectivity index is 1.64. The third kappa shape index (κ3) is 3.40. The Bertz CT molecular complexity index is 718. The van der Waals surface area contributed by atoms with E-state index in [1.807, 2.05) is 14.0 Å². The van der Waals surface area contributed by atoms with Crippen molar-refractivity contribution in [1.82, 2.24) is 24.9 Å². The summed E-state index contributed by atoms with van der Waals surface area (Å²) in [5.41, 5.74) is 2.32. The van der Waals surface area contributed by atoms with Crippen LogP contribution in [0.2, 0.25) is 0 Å². The summed E-state index contributed by atoms with van der Waals surface area (Å²) in [7, 11) is 1.82. The fraction of sp³-hybridized carbons (Fsp3) is 0.533. The van der Waals surface area contributed by atoms with Crippen LogP contribution < -0.4 is 5.32 Å². The zero-order valence-electron chi connectivity index (χ0n) is 13.1. The second-order valence-corrected chi connectivity index (χ2v) is 5.88. The van der Waals surface area contributed by atoms with Crippen LogP contribution in [0.25, 0.3) is 0 Å². The van der Waals surface area contributed by atoms with Crippen LogP contribution in [0.4, 0.5) is 8.78 Å². The summed E-state index contributed by atoms with van der Waals surface area (Å²) < 4.78 is 29.0. The van der Waals surface area contributed by atoms with Crippen LogP contribution in [0, 0.1) is 6.92 Å². The largest absolute Gasteiger partial charge is 0.350 e. The van der Waals surface area contributed by atoms with Gasteiger partial charge in [-0.05, 0) is 25.8 Å². The molecule has 0 atom stereocenters. The van der Waals surface area contributed by atoms with Crippen molar-refractivity contribution in [2.24, 2.45) is 7.05 Å². The van der Waals surface area contributed by atoms with Crippen LogP contribution in [-0.4, -0.2) is 25.5 Å². The molecular weight excluding hydrogens is 304 g/mol. The van der Waals surface area contributed by atoms with E-state index in [0.29, 0.717) is 12.2 Å². The molecule has 124 valence electrons. The van der Waals surface area contributed by atoms with Gasteiger partial charge in [-0.3, -0.25) is 14.2 Å². The number of aromatic nitrogens is 4. The fourth-order valence-corrected chi connectivity index (χ4v) is 2.44. The number of rotatable bonds is 6. The number of nitrogens with one attached hydrogen (secondary N) is 1. The topological polar surface area (TPSA) is 64.7 Å². The lowest BCUT2D eigenvalue weighted by atomic mass is 10.2. The van der Waals surface area contributed by atoms with Crippen molar-refractivity contribution in [2.75, 3.05) is 0 Å². The Morgan fingerprint density at radius 3 is 2.78 bits per heavy atom. The molecule has 2 aromatic rings. The highest BCUT2D eigenvalue weighted by Crippen LogP contribution is 2.40. The molecule has 6 nitrogen and oxygen atoms in total. The molecule has 1 saturated carbocycles. The quantitative estimate of drug-likeness (QED) is 0.885. The summed E-state index contributed by atoms with van der Waals surface area (Å²) >= 11 is 0. The van der Waals surface area contributed by atoms with Crippen molar-refractivity contribution in [3.63, 3.8) is 0 Å². The van der Waals surface area contributed by atoms with Gasteiger partial charge in [-0.2, -0.15) is 10.2 Å². The Labute approximate surface area is 132 Å². The lowest BCUT2D eigenvalue weighted by Gasteiger charge is -2.08. The monoisotopic (exact) mass is 323 g/mol. The van der Waals surface area contributed by atoms with Gasteiger partial charge in [0.25, 0.3) is 6.43 Å². The molecular formula is C15H19F2N5O. The molecule has 0 aromatic carbocycles. The Morgan fingerprint density at radius 1 is 1.48 bits per heavy atom. The Hall–Kier alpha value is -2.25. The highest BCUT2D eigenvalue weighted by molar-refractivity contribution is 5.75. The first-order valence-electron chi connectivity index (χ1n) is 7.55. The van der Waals surface area contributed by atoms with E-state index >= 15 is 0 Å². The van der Waals surface area contributed by atoms with E-state index in [1.165, 1.54) is 6.07 Å². The van der Waals surface area contributed by atoms with Crippen molar-refractivity contribution >= 4 is 5.91 Å². The van der Waals surface area contributed by atoms with Gasteiger partial charge in [0.2, 0.25) is 5.91 Å². The van der Waals surface area contributed by atoms with Gasteiger partial charge in [-0.25, -0.2) is 8.78 Å². The zero-order chi connectivity index (χ0) is 16.6. The third-order valence-electron chi connectivity index (χ3n) is 4.16. The summed E-state index contributed by atoms with van der Waals surface area (Å²) in [5.74, 6) is -0.0737. The van der Waals surface area contributed by atoms with Crippen molar-refractivity contribution in [3.05, 3.63) is 34.9 Å². The maximum Gasteiger partial charge on any atom is 0.280 e. The molecule has 2 aromatic heterocycles. The van der Waals surface area contributed by atoms with Crippen molar-refractivity contribution in [2.45, 2.75) is 45.2 Å². The minimum atomic E-state index is -2.64. The minimum Gasteiger partial charge on any atom is -0.350 e. The molecule has 1 amide bonds. The predicted molar refractivity (Wildman–Crippen MR) is 79.0 cm³/mol. The van der Waals surface area contributed by atoms with Gasteiger partial charge in [0.1, 0.15) is 12.2 Å². The number of hydrogen-bond acceptors (Lipinski definition) is 3. The summed E-state index contributed by atoms with van der Waals surface area (Å²) in [5, 5.41) is 11.0. The molecule has 1 aliphatic carbocycles. The summed E-state index contributed by atoms with van der Waals surface area (Å²) in [6.45, 7) is 2.02. The van der Waals surface area contributed by atoms with Crippen molar-refractivity contribution in [3.8, 4) is 0 Å². The number of carbonyl (C=O) groups excluding carboxylic acids is 1. The van der Waals surface area contributed by atoms with E-state index in [-0.39, 0.29) is 24.1 Å². The number of carbonyl (C=O) groups is 1. The molecule has 0 aliphatic heterocycles. The predicted octanol–water partition coefficient (Wildman–Crippen LogP) is 2.06. The summed E-state index contributed by atoms with van der Waals surface area (Å²) in [4.78, 5) is 12.0. The van der Waals surface area contributed by atoms with Crippen molar-refractivity contribution in [1.29, 1.82) is 0 Å². The first-order valence-corrected chi connectivity index (χ1v) is 7.55. The minimum absolute atomic E-state index is 0.195. The lowest BCUT2D eigenvalue weighted by molar-refractivity contribution is -0.122. The normalized spacial score (nSPS) is 14.5. The van der Waals surface area contributed by atoms with Gasteiger partial charge in [0, 0.05) is 30.8 Å². The summed E-state index contributed by atoms with van der Waals surface area (Å²) in [6.07, 6.45) is 1.00. The summed E-state index contributed by atoms with van der Waals surface area (Å²) in [6, 6.07) is 1.42. The number of hydrogen-bond donors (Lipinski definition) is 1. The van der Waals surface area contributed by atoms with E-state index < -0.39 is 6.43 Å². The van der Waals surface area contributed by atoms with E-state index in [0.717, 1.165) is 28.8 Å². The average molecular weight is 323 g/mol. The molecule has 3 rings (SSSR count). The number of amides is 1. The van der Waals surface area contributed by atoms with E-state index in [2.05, 4.69) is 15.5 Å². The van der Waals surface area contributed by atoms with Crippen LogP contribution in [0.15, 0.2) is 12.3 Å². The van der Waals surface area contributed by atoms with E-state index in [4.69, 9.17) is 0 Å². The van der Waals surface area contributed by atoms with Crippen LogP contribution >= 0.6 is 0 Å². The number of nitrogens with zero attached hydrogens (tertiary/aromatic N) is 4. The average Bonchev–Trinajstić information content (AvgIpc) is 3.19. The second-order valence-electron chi connectivity index (χ2n) is 5.88. The molecule has 1 N–H and O–H groups in total. The maximum atomic E-state index is 13.1. The van der Waals surface area contributed by atoms with Gasteiger partial charge in [0.15, 0.2) is 0 Å². The molecule has 0 radical (unpaired) electrons. The van der Waals surface area contributed by atoms with Gasteiger partial charge in [-0.1, -0.05) is 0 Å².